The second-order valence-corrected chi connectivity index (χ2v) is 7.21. The van der Waals surface area contributed by atoms with E-state index in [1.165, 1.54) is 17.2 Å². The van der Waals surface area contributed by atoms with Crippen LogP contribution in [0, 0.1) is 0 Å². The largest absolute Gasteiger partial charge is 0.504 e. The van der Waals surface area contributed by atoms with Gasteiger partial charge in [-0.3, -0.25) is 0 Å². The van der Waals surface area contributed by atoms with E-state index in [0.29, 0.717) is 12.4 Å². The molecule has 4 rings (SSSR count). The average molecular weight is 380 g/mol. The third-order valence-electron chi connectivity index (χ3n) is 5.46. The van der Waals surface area contributed by atoms with E-state index in [0.717, 1.165) is 31.2 Å². The minimum atomic E-state index is -1.55. The van der Waals surface area contributed by atoms with Crippen LogP contribution in [0.3, 0.4) is 0 Å². The van der Waals surface area contributed by atoms with E-state index in [1.807, 2.05) is 0 Å². The van der Waals surface area contributed by atoms with E-state index in [-0.39, 0.29) is 11.5 Å². The summed E-state index contributed by atoms with van der Waals surface area (Å²) in [5.74, 6) is 0.458. The van der Waals surface area contributed by atoms with E-state index in [2.05, 4.69) is 0 Å². The number of rotatable bonds is 3. The van der Waals surface area contributed by atoms with Crippen molar-refractivity contribution in [1.82, 2.24) is 0 Å². The van der Waals surface area contributed by atoms with Crippen molar-refractivity contribution in [1.29, 1.82) is 0 Å². The van der Waals surface area contributed by atoms with Crippen molar-refractivity contribution in [3.05, 3.63) is 23.3 Å². The highest BCUT2D eigenvalue weighted by molar-refractivity contribution is 5.77. The zero-order chi connectivity index (χ0) is 19.1. The molecular formula is C19H24O8. The third-order valence-corrected chi connectivity index (χ3v) is 5.46. The van der Waals surface area contributed by atoms with Gasteiger partial charge >= 0.3 is 0 Å². The number of aliphatic hydroxyl groups is 4. The zero-order valence-corrected chi connectivity index (χ0v) is 14.7. The fourth-order valence-electron chi connectivity index (χ4n) is 3.91. The van der Waals surface area contributed by atoms with Crippen molar-refractivity contribution < 1.29 is 39.7 Å². The molecule has 27 heavy (non-hydrogen) atoms. The van der Waals surface area contributed by atoms with Crippen molar-refractivity contribution in [3.8, 4) is 17.2 Å². The van der Waals surface area contributed by atoms with E-state index in [4.69, 9.17) is 14.2 Å². The number of hydrogen-bond acceptors (Lipinski definition) is 8. The molecule has 5 unspecified atom stereocenters. The van der Waals surface area contributed by atoms with Gasteiger partial charge in [0, 0.05) is 11.6 Å². The number of benzene rings is 1. The summed E-state index contributed by atoms with van der Waals surface area (Å²) < 4.78 is 16.7. The monoisotopic (exact) mass is 380 g/mol. The Hall–Kier alpha value is -1.84. The first-order valence-corrected chi connectivity index (χ1v) is 9.18. The summed E-state index contributed by atoms with van der Waals surface area (Å²) in [6.07, 6.45) is -2.83. The molecule has 0 saturated carbocycles. The van der Waals surface area contributed by atoms with Gasteiger partial charge in [-0.2, -0.15) is 0 Å². The van der Waals surface area contributed by atoms with Crippen LogP contribution in [-0.4, -0.2) is 69.5 Å². The predicted molar refractivity (Wildman–Crippen MR) is 93.4 cm³/mol. The summed E-state index contributed by atoms with van der Waals surface area (Å²) in [5, 5.41) is 49.5. The van der Waals surface area contributed by atoms with Gasteiger partial charge in [0.15, 0.2) is 11.5 Å². The number of aliphatic hydroxyl groups excluding tert-OH is 4. The van der Waals surface area contributed by atoms with Gasteiger partial charge in [0.2, 0.25) is 6.29 Å². The Morgan fingerprint density at radius 3 is 2.59 bits per heavy atom. The molecule has 0 aromatic heterocycles. The molecule has 5 N–H and O–H groups in total. The number of hydrogen-bond donors (Lipinski definition) is 5. The smallest absolute Gasteiger partial charge is 0.229 e. The van der Waals surface area contributed by atoms with Crippen molar-refractivity contribution in [2.75, 3.05) is 13.2 Å². The Morgan fingerprint density at radius 2 is 1.81 bits per heavy atom. The van der Waals surface area contributed by atoms with Gasteiger partial charge in [0.05, 0.1) is 6.61 Å². The number of allylic oxidation sites excluding steroid dienone is 1. The minimum absolute atomic E-state index is 0.0259. The quantitative estimate of drug-likeness (QED) is 0.506. The van der Waals surface area contributed by atoms with Crippen LogP contribution in [0.4, 0.5) is 0 Å². The lowest BCUT2D eigenvalue weighted by Crippen LogP contribution is -2.60. The van der Waals surface area contributed by atoms with Crippen molar-refractivity contribution in [3.63, 3.8) is 0 Å². The van der Waals surface area contributed by atoms with Crippen LogP contribution in [0.25, 0.3) is 5.57 Å². The fraction of sp³-hybridized carbons (Fsp3) is 0.579. The SMILES string of the molecule is OCC1OC(Oc2cc3c(cc2O)C2=C(CCCC2)CO3)C(O)C(O)C1O. The number of ether oxygens (including phenoxy) is 3. The summed E-state index contributed by atoms with van der Waals surface area (Å²) >= 11 is 0. The van der Waals surface area contributed by atoms with Gasteiger partial charge in [-0.1, -0.05) is 0 Å². The van der Waals surface area contributed by atoms with E-state index < -0.39 is 37.3 Å². The molecule has 148 valence electrons. The molecule has 2 aliphatic heterocycles. The molecule has 1 aliphatic carbocycles. The number of aromatic hydroxyl groups is 1. The number of fused-ring (bicyclic) bond motifs is 2. The maximum atomic E-state index is 10.4. The average Bonchev–Trinajstić information content (AvgIpc) is 2.69. The van der Waals surface area contributed by atoms with Gasteiger partial charge in [-0.25, -0.2) is 0 Å². The van der Waals surface area contributed by atoms with Crippen molar-refractivity contribution >= 4 is 5.57 Å². The second kappa shape index (κ2) is 7.29. The van der Waals surface area contributed by atoms with E-state index in [9.17, 15) is 25.5 Å². The Balaban J connectivity index is 1.59. The summed E-state index contributed by atoms with van der Waals surface area (Å²) in [5.41, 5.74) is 3.31. The molecule has 1 aromatic carbocycles. The van der Waals surface area contributed by atoms with Crippen LogP contribution in [0.2, 0.25) is 0 Å². The Labute approximate surface area is 156 Å². The number of phenols is 1. The third kappa shape index (κ3) is 3.28. The van der Waals surface area contributed by atoms with Gasteiger partial charge < -0.3 is 39.7 Å². The molecule has 3 aliphatic rings. The maximum absolute atomic E-state index is 10.4. The van der Waals surface area contributed by atoms with Crippen molar-refractivity contribution in [2.45, 2.75) is 56.4 Å². The molecule has 5 atom stereocenters. The van der Waals surface area contributed by atoms with E-state index in [1.54, 1.807) is 6.07 Å². The molecule has 1 aromatic rings. The van der Waals surface area contributed by atoms with Crippen LogP contribution in [-0.2, 0) is 4.74 Å². The maximum Gasteiger partial charge on any atom is 0.229 e. The first-order chi connectivity index (χ1) is 13.0. The Kier molecular flexibility index (Phi) is 5.00. The molecule has 8 heteroatoms. The summed E-state index contributed by atoms with van der Waals surface area (Å²) in [6.45, 7) is -0.0480. The van der Waals surface area contributed by atoms with Crippen LogP contribution < -0.4 is 9.47 Å². The molecule has 2 heterocycles. The first-order valence-electron chi connectivity index (χ1n) is 9.18. The molecule has 0 spiro atoms. The molecular weight excluding hydrogens is 356 g/mol. The molecule has 0 amide bonds. The van der Waals surface area contributed by atoms with Gasteiger partial charge in [-0.05, 0) is 42.9 Å². The highest BCUT2D eigenvalue weighted by atomic mass is 16.7. The molecule has 1 saturated heterocycles. The lowest BCUT2D eigenvalue weighted by atomic mass is 9.86. The Bertz CT molecular complexity index is 743. The predicted octanol–water partition coefficient (Wildman–Crippen LogP) is 0.291. The highest BCUT2D eigenvalue weighted by Gasteiger charge is 2.45. The molecule has 8 nitrogen and oxygen atoms in total. The van der Waals surface area contributed by atoms with Crippen molar-refractivity contribution in [2.24, 2.45) is 0 Å². The zero-order valence-electron chi connectivity index (χ0n) is 14.7. The molecule has 0 bridgehead atoms. The summed E-state index contributed by atoms with van der Waals surface area (Å²) in [4.78, 5) is 0. The Morgan fingerprint density at radius 1 is 1.04 bits per heavy atom. The van der Waals surface area contributed by atoms with Crippen LogP contribution >= 0.6 is 0 Å². The van der Waals surface area contributed by atoms with E-state index >= 15 is 0 Å². The first kappa shape index (κ1) is 18.5. The lowest BCUT2D eigenvalue weighted by Gasteiger charge is -2.39. The summed E-state index contributed by atoms with van der Waals surface area (Å²) in [6, 6.07) is 3.11. The standard InChI is InChI=1S/C19H24O8/c20-7-15-16(22)17(23)18(24)19(27-15)26-14-6-13-11(5-12(14)21)10-4-2-1-3-9(10)8-25-13/h5-6,15-24H,1-4,7-8H2. The van der Waals surface area contributed by atoms with Crippen LogP contribution in [0.15, 0.2) is 17.7 Å². The molecule has 0 radical (unpaired) electrons. The number of phenolic OH excluding ortho intramolecular Hbond substituents is 1. The lowest BCUT2D eigenvalue weighted by molar-refractivity contribution is -0.277. The summed E-state index contributed by atoms with van der Waals surface area (Å²) in [7, 11) is 0. The van der Waals surface area contributed by atoms with Crippen LogP contribution in [0.5, 0.6) is 17.2 Å². The topological polar surface area (TPSA) is 129 Å². The molecule has 1 fully saturated rings. The van der Waals surface area contributed by atoms with Crippen LogP contribution in [0.1, 0.15) is 31.2 Å². The van der Waals surface area contributed by atoms with Gasteiger partial charge in [-0.15, -0.1) is 0 Å². The second-order valence-electron chi connectivity index (χ2n) is 7.21. The normalized spacial score (nSPS) is 33.1. The minimum Gasteiger partial charge on any atom is -0.504 e. The highest BCUT2D eigenvalue weighted by Crippen LogP contribution is 2.45. The fourth-order valence-corrected chi connectivity index (χ4v) is 3.91. The van der Waals surface area contributed by atoms with Gasteiger partial charge in [0.1, 0.15) is 36.8 Å². The van der Waals surface area contributed by atoms with Gasteiger partial charge in [0.25, 0.3) is 0 Å².